The summed E-state index contributed by atoms with van der Waals surface area (Å²) in [4.78, 5) is 0. The van der Waals surface area contributed by atoms with Gasteiger partial charge in [0, 0.05) is 12.1 Å². The van der Waals surface area contributed by atoms with Gasteiger partial charge in [-0.15, -0.1) is 0 Å². The lowest BCUT2D eigenvalue weighted by Crippen LogP contribution is -2.20. The minimum Gasteiger partial charge on any atom is -0.307 e. The van der Waals surface area contributed by atoms with Crippen molar-refractivity contribution in [3.05, 3.63) is 34.9 Å². The highest BCUT2D eigenvalue weighted by molar-refractivity contribution is 5.31. The molecule has 76 valence electrons. The molecule has 1 aromatic carbocycles. The summed E-state index contributed by atoms with van der Waals surface area (Å²) >= 11 is 0. The molecule has 1 aromatic rings. The van der Waals surface area contributed by atoms with E-state index < -0.39 is 0 Å². The van der Waals surface area contributed by atoms with Crippen LogP contribution in [0.2, 0.25) is 0 Å². The second-order valence-corrected chi connectivity index (χ2v) is 4.51. The summed E-state index contributed by atoms with van der Waals surface area (Å²) in [6.07, 6.45) is 2.71. The van der Waals surface area contributed by atoms with E-state index in [-0.39, 0.29) is 0 Å². The predicted molar refractivity (Wildman–Crippen MR) is 60.5 cm³/mol. The van der Waals surface area contributed by atoms with Crippen molar-refractivity contribution in [1.29, 1.82) is 0 Å². The number of aryl methyl sites for hydroxylation is 2. The van der Waals surface area contributed by atoms with Gasteiger partial charge in [0.1, 0.15) is 0 Å². The van der Waals surface area contributed by atoms with E-state index in [9.17, 15) is 0 Å². The third-order valence-electron chi connectivity index (χ3n) is 3.09. The molecule has 1 saturated carbocycles. The molecule has 2 rings (SSSR count). The van der Waals surface area contributed by atoms with Crippen LogP contribution >= 0.6 is 0 Å². The first-order valence-corrected chi connectivity index (χ1v) is 5.50. The minimum absolute atomic E-state index is 0.502. The molecule has 0 heterocycles. The average Bonchev–Trinajstić information content (AvgIpc) is 2.93. The monoisotopic (exact) mass is 189 g/mol. The topological polar surface area (TPSA) is 12.0 Å². The van der Waals surface area contributed by atoms with E-state index in [0.29, 0.717) is 6.04 Å². The average molecular weight is 189 g/mol. The Kier molecular flexibility index (Phi) is 2.60. The molecule has 14 heavy (non-hydrogen) atoms. The number of benzene rings is 1. The van der Waals surface area contributed by atoms with Gasteiger partial charge in [0.15, 0.2) is 0 Å². The van der Waals surface area contributed by atoms with Gasteiger partial charge < -0.3 is 5.32 Å². The van der Waals surface area contributed by atoms with Crippen molar-refractivity contribution in [2.75, 3.05) is 0 Å². The van der Waals surface area contributed by atoms with E-state index in [2.05, 4.69) is 44.3 Å². The van der Waals surface area contributed by atoms with Gasteiger partial charge in [0.05, 0.1) is 0 Å². The Labute approximate surface area is 86.5 Å². The molecule has 1 N–H and O–H groups in total. The Morgan fingerprint density at radius 1 is 1.21 bits per heavy atom. The van der Waals surface area contributed by atoms with Crippen LogP contribution in [0.4, 0.5) is 0 Å². The van der Waals surface area contributed by atoms with Crippen molar-refractivity contribution < 1.29 is 0 Å². The van der Waals surface area contributed by atoms with E-state index in [1.165, 1.54) is 29.5 Å². The molecule has 0 aliphatic heterocycles. The zero-order valence-corrected chi connectivity index (χ0v) is 9.30. The Balaban J connectivity index is 2.10. The summed E-state index contributed by atoms with van der Waals surface area (Å²) in [6, 6.07) is 8.04. The first kappa shape index (κ1) is 9.72. The van der Waals surface area contributed by atoms with Crippen molar-refractivity contribution in [3.8, 4) is 0 Å². The van der Waals surface area contributed by atoms with Gasteiger partial charge in [-0.3, -0.25) is 0 Å². The van der Waals surface area contributed by atoms with Crippen LogP contribution in [0.3, 0.4) is 0 Å². The molecule has 0 aromatic heterocycles. The molecular formula is C13H19N. The van der Waals surface area contributed by atoms with Crippen LogP contribution in [0.25, 0.3) is 0 Å². The van der Waals surface area contributed by atoms with Gasteiger partial charge in [-0.2, -0.15) is 0 Å². The van der Waals surface area contributed by atoms with Crippen LogP contribution in [0, 0.1) is 13.8 Å². The predicted octanol–water partition coefficient (Wildman–Crippen LogP) is 3.12. The number of nitrogens with one attached hydrogen (secondary N) is 1. The van der Waals surface area contributed by atoms with Crippen molar-refractivity contribution in [2.24, 2.45) is 0 Å². The van der Waals surface area contributed by atoms with Crippen molar-refractivity contribution in [1.82, 2.24) is 5.32 Å². The highest BCUT2D eigenvalue weighted by Crippen LogP contribution is 2.24. The third kappa shape index (κ3) is 2.16. The minimum atomic E-state index is 0.502. The Morgan fingerprint density at radius 2 is 1.93 bits per heavy atom. The quantitative estimate of drug-likeness (QED) is 0.770. The fraction of sp³-hybridized carbons (Fsp3) is 0.538. The number of rotatable bonds is 3. The summed E-state index contributed by atoms with van der Waals surface area (Å²) < 4.78 is 0. The van der Waals surface area contributed by atoms with E-state index >= 15 is 0 Å². The third-order valence-corrected chi connectivity index (χ3v) is 3.09. The lowest BCUT2D eigenvalue weighted by molar-refractivity contribution is 0.571. The smallest absolute Gasteiger partial charge is 0.0294 e. The fourth-order valence-corrected chi connectivity index (χ4v) is 1.73. The molecule has 1 aliphatic carbocycles. The van der Waals surface area contributed by atoms with E-state index in [0.717, 1.165) is 6.04 Å². The van der Waals surface area contributed by atoms with Crippen LogP contribution in [0.1, 0.15) is 42.5 Å². The first-order chi connectivity index (χ1) is 6.66. The molecule has 0 bridgehead atoms. The molecule has 1 nitrogen and oxygen atoms in total. The van der Waals surface area contributed by atoms with E-state index in [1.54, 1.807) is 0 Å². The summed E-state index contributed by atoms with van der Waals surface area (Å²) in [5, 5.41) is 3.62. The van der Waals surface area contributed by atoms with Gasteiger partial charge in [0.2, 0.25) is 0 Å². The molecule has 1 atom stereocenters. The number of hydrogen-bond acceptors (Lipinski definition) is 1. The maximum absolute atomic E-state index is 3.62. The molecule has 1 heteroatoms. The zero-order chi connectivity index (χ0) is 10.1. The highest BCUT2D eigenvalue weighted by Gasteiger charge is 2.23. The normalized spacial score (nSPS) is 18.2. The van der Waals surface area contributed by atoms with Crippen molar-refractivity contribution in [2.45, 2.75) is 45.7 Å². The van der Waals surface area contributed by atoms with E-state index in [4.69, 9.17) is 0 Å². The van der Waals surface area contributed by atoms with Crippen LogP contribution in [-0.2, 0) is 0 Å². The lowest BCUT2D eigenvalue weighted by atomic mass is 10.0. The molecule has 0 radical (unpaired) electrons. The maximum Gasteiger partial charge on any atom is 0.0294 e. The molecule has 1 aliphatic rings. The Hall–Kier alpha value is -0.820. The van der Waals surface area contributed by atoms with Crippen molar-refractivity contribution >= 4 is 0 Å². The van der Waals surface area contributed by atoms with Gasteiger partial charge >= 0.3 is 0 Å². The Bertz CT molecular complexity index is 326. The number of hydrogen-bond donors (Lipinski definition) is 1. The van der Waals surface area contributed by atoms with Crippen LogP contribution in [0.5, 0.6) is 0 Å². The van der Waals surface area contributed by atoms with Crippen LogP contribution in [0.15, 0.2) is 18.2 Å². The molecule has 0 unspecified atom stereocenters. The SMILES string of the molecule is Cc1ccc([C@H](C)NC2CC2)cc1C. The van der Waals surface area contributed by atoms with Crippen LogP contribution < -0.4 is 5.32 Å². The van der Waals surface area contributed by atoms with E-state index in [1.807, 2.05) is 0 Å². The second-order valence-electron chi connectivity index (χ2n) is 4.51. The van der Waals surface area contributed by atoms with Gasteiger partial charge in [0.25, 0.3) is 0 Å². The highest BCUT2D eigenvalue weighted by atomic mass is 15.0. The molecule has 0 spiro atoms. The fourth-order valence-electron chi connectivity index (χ4n) is 1.73. The summed E-state index contributed by atoms with van der Waals surface area (Å²) in [7, 11) is 0. The molecule has 0 amide bonds. The molecular weight excluding hydrogens is 170 g/mol. The Morgan fingerprint density at radius 3 is 2.50 bits per heavy atom. The standard InChI is InChI=1S/C13H19N/c1-9-4-5-12(8-10(9)2)11(3)14-13-6-7-13/h4-5,8,11,13-14H,6-7H2,1-3H3/t11-/m0/s1. The zero-order valence-electron chi connectivity index (χ0n) is 9.30. The van der Waals surface area contributed by atoms with Crippen molar-refractivity contribution in [3.63, 3.8) is 0 Å². The summed E-state index contributed by atoms with van der Waals surface area (Å²) in [6.45, 7) is 6.60. The van der Waals surface area contributed by atoms with Gasteiger partial charge in [-0.05, 0) is 50.3 Å². The van der Waals surface area contributed by atoms with Gasteiger partial charge in [-0.25, -0.2) is 0 Å². The molecule has 0 saturated heterocycles. The lowest BCUT2D eigenvalue weighted by Gasteiger charge is -2.14. The first-order valence-electron chi connectivity index (χ1n) is 5.50. The molecule has 1 fully saturated rings. The second kappa shape index (κ2) is 3.74. The maximum atomic E-state index is 3.62. The van der Waals surface area contributed by atoms with Crippen LogP contribution in [-0.4, -0.2) is 6.04 Å². The summed E-state index contributed by atoms with van der Waals surface area (Å²) in [5.41, 5.74) is 4.19. The largest absolute Gasteiger partial charge is 0.307 e. The van der Waals surface area contributed by atoms with Gasteiger partial charge in [-0.1, -0.05) is 18.2 Å². The summed E-state index contributed by atoms with van der Waals surface area (Å²) in [5.74, 6) is 0.